The Morgan fingerprint density at radius 1 is 0.380 bits per heavy atom. The third-order valence-electron chi connectivity index (χ3n) is 9.53. The topological polar surface area (TPSA) is 30.1 Å². The van der Waals surface area contributed by atoms with Crippen LogP contribution in [0.3, 0.4) is 0 Å². The van der Waals surface area contributed by atoms with E-state index in [4.69, 9.17) is 16.5 Å². The standard InChI is InChI=1S/C47H29N3/c1-48-39-26-24-33(25-27-39)32-14-17-34(18-15-32)40-28-29-41(43-11-5-4-10-42(40)43)35-19-21-36(22-20-35)47-49-45-13-7-6-12-44(45)46(50-47)38-23-16-31-8-2-3-9-37(31)30-38/h2-30H. The second-order valence-electron chi connectivity index (χ2n) is 12.5. The Morgan fingerprint density at radius 2 is 0.880 bits per heavy atom. The van der Waals surface area contributed by atoms with Crippen LogP contribution in [0.15, 0.2) is 176 Å². The van der Waals surface area contributed by atoms with Gasteiger partial charge in [0.2, 0.25) is 0 Å². The lowest BCUT2D eigenvalue weighted by Gasteiger charge is -2.13. The van der Waals surface area contributed by atoms with Crippen LogP contribution < -0.4 is 0 Å². The predicted molar refractivity (Wildman–Crippen MR) is 208 cm³/mol. The van der Waals surface area contributed by atoms with Gasteiger partial charge in [-0.05, 0) is 67.1 Å². The van der Waals surface area contributed by atoms with Gasteiger partial charge in [0.05, 0.1) is 17.8 Å². The maximum absolute atomic E-state index is 7.22. The molecule has 9 rings (SSSR count). The van der Waals surface area contributed by atoms with Crippen LogP contribution in [0.1, 0.15) is 0 Å². The summed E-state index contributed by atoms with van der Waals surface area (Å²) in [6.07, 6.45) is 0. The lowest BCUT2D eigenvalue weighted by molar-refractivity contribution is 1.23. The molecule has 0 spiro atoms. The van der Waals surface area contributed by atoms with Gasteiger partial charge in [-0.15, -0.1) is 0 Å². The average Bonchev–Trinajstić information content (AvgIpc) is 3.20. The van der Waals surface area contributed by atoms with Gasteiger partial charge in [-0.2, -0.15) is 0 Å². The van der Waals surface area contributed by atoms with E-state index < -0.39 is 0 Å². The molecule has 1 aromatic heterocycles. The SMILES string of the molecule is [C-]#[N+]c1ccc(-c2ccc(-c3ccc(-c4ccc(-c5nc(-c6ccc7ccccc7c6)c6ccccc6n5)cc4)c4ccccc34)cc2)cc1. The van der Waals surface area contributed by atoms with Gasteiger partial charge >= 0.3 is 0 Å². The molecule has 232 valence electrons. The summed E-state index contributed by atoms with van der Waals surface area (Å²) in [6, 6.07) is 61.4. The lowest BCUT2D eigenvalue weighted by atomic mass is 9.91. The van der Waals surface area contributed by atoms with Crippen molar-refractivity contribution in [3.63, 3.8) is 0 Å². The third-order valence-corrected chi connectivity index (χ3v) is 9.53. The van der Waals surface area contributed by atoms with Crippen LogP contribution in [-0.4, -0.2) is 9.97 Å². The largest absolute Gasteiger partial charge is 0.238 e. The van der Waals surface area contributed by atoms with Gasteiger partial charge in [0.25, 0.3) is 0 Å². The molecule has 0 aliphatic rings. The first-order valence-corrected chi connectivity index (χ1v) is 16.7. The molecule has 0 amide bonds. The van der Waals surface area contributed by atoms with Crippen LogP contribution in [0.25, 0.3) is 93.3 Å². The normalized spacial score (nSPS) is 11.2. The van der Waals surface area contributed by atoms with Gasteiger partial charge in [-0.3, -0.25) is 0 Å². The Morgan fingerprint density at radius 3 is 1.52 bits per heavy atom. The first-order chi connectivity index (χ1) is 24.7. The Balaban J connectivity index is 1.07. The monoisotopic (exact) mass is 635 g/mol. The number of rotatable bonds is 5. The first-order valence-electron chi connectivity index (χ1n) is 16.7. The maximum atomic E-state index is 7.22. The molecule has 0 saturated heterocycles. The van der Waals surface area contributed by atoms with E-state index in [1.54, 1.807) is 0 Å². The van der Waals surface area contributed by atoms with E-state index in [1.807, 2.05) is 36.4 Å². The van der Waals surface area contributed by atoms with Crippen molar-refractivity contribution in [1.29, 1.82) is 0 Å². The Kier molecular flexibility index (Phi) is 7.19. The second kappa shape index (κ2) is 12.3. The summed E-state index contributed by atoms with van der Waals surface area (Å²) in [5.41, 5.74) is 11.5. The summed E-state index contributed by atoms with van der Waals surface area (Å²) in [4.78, 5) is 13.7. The summed E-state index contributed by atoms with van der Waals surface area (Å²) < 4.78 is 0. The minimum absolute atomic E-state index is 0.653. The van der Waals surface area contributed by atoms with E-state index in [1.165, 1.54) is 38.2 Å². The zero-order valence-corrected chi connectivity index (χ0v) is 27.1. The van der Waals surface area contributed by atoms with E-state index in [0.29, 0.717) is 11.5 Å². The number of nitrogens with zero attached hydrogens (tertiary/aromatic N) is 3. The highest BCUT2D eigenvalue weighted by Crippen LogP contribution is 2.38. The molecular formula is C47H29N3. The van der Waals surface area contributed by atoms with Crippen LogP contribution in [0.2, 0.25) is 0 Å². The number of benzene rings is 8. The number of hydrogen-bond acceptors (Lipinski definition) is 2. The van der Waals surface area contributed by atoms with Crippen molar-refractivity contribution in [2.75, 3.05) is 0 Å². The molecule has 0 aliphatic carbocycles. The van der Waals surface area contributed by atoms with Crippen LogP contribution in [0.5, 0.6) is 0 Å². The lowest BCUT2D eigenvalue weighted by Crippen LogP contribution is -1.95. The molecule has 0 fully saturated rings. The second-order valence-corrected chi connectivity index (χ2v) is 12.5. The van der Waals surface area contributed by atoms with Gasteiger partial charge in [-0.25, -0.2) is 14.8 Å². The predicted octanol–water partition coefficient (Wildman–Crippen LogP) is 12.8. The molecule has 8 aromatic carbocycles. The van der Waals surface area contributed by atoms with Gasteiger partial charge in [-0.1, -0.05) is 164 Å². The van der Waals surface area contributed by atoms with E-state index in [2.05, 4.69) is 144 Å². The molecule has 3 nitrogen and oxygen atoms in total. The average molecular weight is 636 g/mol. The van der Waals surface area contributed by atoms with Gasteiger partial charge in [0.15, 0.2) is 11.5 Å². The molecule has 0 bridgehead atoms. The quantitative estimate of drug-likeness (QED) is 0.176. The maximum Gasteiger partial charge on any atom is 0.187 e. The summed E-state index contributed by atoms with van der Waals surface area (Å²) >= 11 is 0. The molecule has 0 N–H and O–H groups in total. The van der Waals surface area contributed by atoms with Crippen molar-refractivity contribution in [1.82, 2.24) is 9.97 Å². The first kappa shape index (κ1) is 29.3. The van der Waals surface area contributed by atoms with Gasteiger partial charge in [0, 0.05) is 16.5 Å². The van der Waals surface area contributed by atoms with Crippen molar-refractivity contribution in [3.05, 3.63) is 187 Å². The Bertz CT molecular complexity index is 2740. The van der Waals surface area contributed by atoms with E-state index in [0.717, 1.165) is 44.4 Å². The zero-order valence-electron chi connectivity index (χ0n) is 27.1. The van der Waals surface area contributed by atoms with Crippen LogP contribution in [-0.2, 0) is 0 Å². The highest BCUT2D eigenvalue weighted by Gasteiger charge is 2.14. The van der Waals surface area contributed by atoms with Gasteiger partial charge in [0.1, 0.15) is 0 Å². The Hall–Kier alpha value is -6.89. The fourth-order valence-corrected chi connectivity index (χ4v) is 6.93. The molecule has 0 aliphatic heterocycles. The fraction of sp³-hybridized carbons (Fsp3) is 0. The van der Waals surface area contributed by atoms with Crippen molar-refractivity contribution in [2.24, 2.45) is 0 Å². The Labute approximate surface area is 290 Å². The highest BCUT2D eigenvalue weighted by atomic mass is 14.9. The van der Waals surface area contributed by atoms with Crippen molar-refractivity contribution in [3.8, 4) is 56.0 Å². The van der Waals surface area contributed by atoms with E-state index >= 15 is 0 Å². The zero-order chi connectivity index (χ0) is 33.4. The molecular weight excluding hydrogens is 607 g/mol. The van der Waals surface area contributed by atoms with Crippen molar-refractivity contribution < 1.29 is 0 Å². The summed E-state index contributed by atoms with van der Waals surface area (Å²) in [5.74, 6) is 0.712. The molecule has 50 heavy (non-hydrogen) atoms. The van der Waals surface area contributed by atoms with Crippen LogP contribution >= 0.6 is 0 Å². The summed E-state index contributed by atoms with van der Waals surface area (Å²) in [6.45, 7) is 7.22. The fourth-order valence-electron chi connectivity index (χ4n) is 6.93. The molecule has 9 aromatic rings. The smallest absolute Gasteiger partial charge is 0.187 e. The van der Waals surface area contributed by atoms with Gasteiger partial charge < -0.3 is 0 Å². The molecule has 0 atom stereocenters. The number of hydrogen-bond donors (Lipinski definition) is 0. The van der Waals surface area contributed by atoms with Crippen LogP contribution in [0, 0.1) is 6.57 Å². The molecule has 3 heteroatoms. The van der Waals surface area contributed by atoms with E-state index in [-0.39, 0.29) is 0 Å². The number of para-hydroxylation sites is 1. The summed E-state index contributed by atoms with van der Waals surface area (Å²) in [7, 11) is 0. The number of fused-ring (bicyclic) bond motifs is 3. The molecule has 0 saturated carbocycles. The molecule has 0 unspecified atom stereocenters. The van der Waals surface area contributed by atoms with Crippen molar-refractivity contribution >= 4 is 38.1 Å². The van der Waals surface area contributed by atoms with Crippen molar-refractivity contribution in [2.45, 2.75) is 0 Å². The number of aromatic nitrogens is 2. The van der Waals surface area contributed by atoms with E-state index in [9.17, 15) is 0 Å². The van der Waals surface area contributed by atoms with Crippen LogP contribution in [0.4, 0.5) is 5.69 Å². The highest BCUT2D eigenvalue weighted by molar-refractivity contribution is 6.05. The molecule has 0 radical (unpaired) electrons. The summed E-state index contributed by atoms with van der Waals surface area (Å²) in [5, 5.41) is 5.86. The molecule has 1 heterocycles. The minimum Gasteiger partial charge on any atom is -0.238 e. The minimum atomic E-state index is 0.653. The third kappa shape index (κ3) is 5.26.